The number of hydrogen-bond acceptors (Lipinski definition) is 5. The fourth-order valence-electron chi connectivity index (χ4n) is 4.96. The number of carbonyl (C=O) groups excluding carboxylic acids is 2. The highest BCUT2D eigenvalue weighted by molar-refractivity contribution is 5.89. The molecule has 32 heavy (non-hydrogen) atoms. The summed E-state index contributed by atoms with van der Waals surface area (Å²) in [7, 11) is 1.68. The van der Waals surface area contributed by atoms with Crippen molar-refractivity contribution in [2.75, 3.05) is 38.5 Å². The quantitative estimate of drug-likeness (QED) is 0.660. The molecule has 1 aromatic carbocycles. The van der Waals surface area contributed by atoms with Crippen molar-refractivity contribution in [2.24, 2.45) is 11.8 Å². The standard InChI is InChI=1S/C12H14N2O3.C12H22N2O/c1-14-7-8-4-2-3-5-9(8)13-10(12(14)17)6-11(15)16;1-10(15)14-8-4-12(5-9-14)11-2-6-13-7-3-11/h2-5,10,13H,6-7H2,1H3,(H,15,16);11-13H,2-9H2,1H3. The molecule has 1 aromatic rings. The lowest BCUT2D eigenvalue weighted by atomic mass is 9.79. The molecule has 2 fully saturated rings. The monoisotopic (exact) mass is 444 g/mol. The molecule has 0 radical (unpaired) electrons. The first-order valence-corrected chi connectivity index (χ1v) is 11.6. The van der Waals surface area contributed by atoms with Crippen LogP contribution in [0.4, 0.5) is 5.69 Å². The second-order valence-electron chi connectivity index (χ2n) is 9.08. The number of para-hydroxylation sites is 1. The molecule has 3 N–H and O–H groups in total. The van der Waals surface area contributed by atoms with Crippen LogP contribution in [0.5, 0.6) is 0 Å². The summed E-state index contributed by atoms with van der Waals surface area (Å²) in [5, 5.41) is 15.2. The highest BCUT2D eigenvalue weighted by atomic mass is 16.4. The van der Waals surface area contributed by atoms with E-state index in [9.17, 15) is 14.4 Å². The summed E-state index contributed by atoms with van der Waals surface area (Å²) in [5.41, 5.74) is 1.83. The number of aliphatic carboxylic acids is 1. The number of carboxylic acid groups (broad SMARTS) is 1. The van der Waals surface area contributed by atoms with Crippen LogP contribution >= 0.6 is 0 Å². The second kappa shape index (κ2) is 11.3. The third-order valence-electron chi connectivity index (χ3n) is 6.84. The zero-order valence-corrected chi connectivity index (χ0v) is 19.2. The summed E-state index contributed by atoms with van der Waals surface area (Å²) in [6, 6.07) is 6.85. The van der Waals surface area contributed by atoms with Gasteiger partial charge in [-0.2, -0.15) is 0 Å². The maximum atomic E-state index is 11.9. The molecule has 1 unspecified atom stereocenters. The average Bonchev–Trinajstić information content (AvgIpc) is 2.91. The van der Waals surface area contributed by atoms with Crippen molar-refractivity contribution in [3.8, 4) is 0 Å². The Labute approximate surface area is 190 Å². The number of nitrogens with zero attached hydrogens (tertiary/aromatic N) is 2. The van der Waals surface area contributed by atoms with Gasteiger partial charge in [-0.3, -0.25) is 14.4 Å². The number of nitrogens with one attached hydrogen (secondary N) is 2. The highest BCUT2D eigenvalue weighted by Crippen LogP contribution is 2.30. The van der Waals surface area contributed by atoms with Gasteiger partial charge >= 0.3 is 5.97 Å². The van der Waals surface area contributed by atoms with Crippen molar-refractivity contribution >= 4 is 23.5 Å². The molecule has 0 spiro atoms. The summed E-state index contributed by atoms with van der Waals surface area (Å²) in [6.07, 6.45) is 4.92. The van der Waals surface area contributed by atoms with E-state index >= 15 is 0 Å². The van der Waals surface area contributed by atoms with Crippen molar-refractivity contribution < 1.29 is 19.5 Å². The number of carbonyl (C=O) groups is 3. The summed E-state index contributed by atoms with van der Waals surface area (Å²) >= 11 is 0. The van der Waals surface area contributed by atoms with Crippen molar-refractivity contribution in [1.29, 1.82) is 0 Å². The maximum Gasteiger partial charge on any atom is 0.305 e. The van der Waals surface area contributed by atoms with Crippen LogP contribution in [0.2, 0.25) is 0 Å². The number of fused-ring (bicyclic) bond motifs is 1. The lowest BCUT2D eigenvalue weighted by Crippen LogP contribution is -2.41. The predicted octanol–water partition coefficient (Wildman–Crippen LogP) is 2.16. The summed E-state index contributed by atoms with van der Waals surface area (Å²) in [5.74, 6) is 0.869. The molecule has 8 heteroatoms. The van der Waals surface area contributed by atoms with E-state index in [1.165, 1.54) is 38.8 Å². The Balaban J connectivity index is 0.000000182. The van der Waals surface area contributed by atoms with Crippen molar-refractivity contribution in [2.45, 2.75) is 51.6 Å². The van der Waals surface area contributed by atoms with Gasteiger partial charge in [-0.15, -0.1) is 0 Å². The number of amides is 2. The zero-order chi connectivity index (χ0) is 23.1. The largest absolute Gasteiger partial charge is 0.481 e. The number of benzene rings is 1. The van der Waals surface area contributed by atoms with Gasteiger partial charge in [0.05, 0.1) is 6.42 Å². The Morgan fingerprint density at radius 3 is 2.31 bits per heavy atom. The molecule has 3 aliphatic heterocycles. The Bertz CT molecular complexity index is 801. The van der Waals surface area contributed by atoms with E-state index in [1.807, 2.05) is 29.2 Å². The van der Waals surface area contributed by atoms with Gasteiger partial charge in [0.2, 0.25) is 11.8 Å². The molecule has 4 rings (SSSR count). The van der Waals surface area contributed by atoms with E-state index in [0.717, 1.165) is 36.2 Å². The first-order chi connectivity index (χ1) is 15.3. The molecule has 3 heterocycles. The molecule has 1 atom stereocenters. The molecule has 176 valence electrons. The highest BCUT2D eigenvalue weighted by Gasteiger charge is 2.29. The molecule has 3 aliphatic rings. The van der Waals surface area contributed by atoms with Crippen LogP contribution in [0, 0.1) is 11.8 Å². The van der Waals surface area contributed by atoms with Gasteiger partial charge in [-0.1, -0.05) is 18.2 Å². The lowest BCUT2D eigenvalue weighted by molar-refractivity contribution is -0.141. The van der Waals surface area contributed by atoms with Crippen LogP contribution in [-0.4, -0.2) is 72.0 Å². The summed E-state index contributed by atoms with van der Waals surface area (Å²) in [4.78, 5) is 37.4. The minimum atomic E-state index is -0.983. The second-order valence-corrected chi connectivity index (χ2v) is 9.08. The van der Waals surface area contributed by atoms with Crippen molar-refractivity contribution in [1.82, 2.24) is 15.1 Å². The van der Waals surface area contributed by atoms with Crippen molar-refractivity contribution in [3.63, 3.8) is 0 Å². The Kier molecular flexibility index (Phi) is 8.50. The Morgan fingerprint density at radius 2 is 1.69 bits per heavy atom. The topological polar surface area (TPSA) is 102 Å². The molecule has 0 aromatic heterocycles. The van der Waals surface area contributed by atoms with Gasteiger partial charge in [0.1, 0.15) is 6.04 Å². The number of likely N-dealkylation sites (N-methyl/N-ethyl adjacent to an activating group) is 1. The minimum absolute atomic E-state index is 0.191. The fourth-order valence-corrected chi connectivity index (χ4v) is 4.96. The van der Waals surface area contributed by atoms with Crippen LogP contribution in [-0.2, 0) is 20.9 Å². The van der Waals surface area contributed by atoms with E-state index in [-0.39, 0.29) is 18.2 Å². The number of anilines is 1. The Morgan fingerprint density at radius 1 is 1.06 bits per heavy atom. The van der Waals surface area contributed by atoms with E-state index in [4.69, 9.17) is 5.11 Å². The van der Waals surface area contributed by atoms with E-state index in [2.05, 4.69) is 10.6 Å². The van der Waals surface area contributed by atoms with Crippen LogP contribution in [0.15, 0.2) is 24.3 Å². The number of carboxylic acids is 1. The third-order valence-corrected chi connectivity index (χ3v) is 6.84. The first kappa shape index (κ1) is 24.0. The van der Waals surface area contributed by atoms with Gasteiger partial charge in [0.25, 0.3) is 0 Å². The molecule has 8 nitrogen and oxygen atoms in total. The molecular formula is C24H36N4O4. The van der Waals surface area contributed by atoms with Gasteiger partial charge in [0.15, 0.2) is 0 Å². The number of hydrogen-bond donors (Lipinski definition) is 3. The average molecular weight is 445 g/mol. The molecule has 2 amide bonds. The molecule has 0 bridgehead atoms. The molecule has 0 aliphatic carbocycles. The van der Waals surface area contributed by atoms with Gasteiger partial charge in [-0.25, -0.2) is 0 Å². The van der Waals surface area contributed by atoms with Crippen LogP contribution < -0.4 is 10.6 Å². The van der Waals surface area contributed by atoms with Gasteiger partial charge in [0, 0.05) is 39.3 Å². The fraction of sp³-hybridized carbons (Fsp3) is 0.625. The third kappa shape index (κ3) is 6.45. The smallest absolute Gasteiger partial charge is 0.305 e. The van der Waals surface area contributed by atoms with Gasteiger partial charge in [-0.05, 0) is 62.2 Å². The van der Waals surface area contributed by atoms with E-state index < -0.39 is 12.0 Å². The Hall–Kier alpha value is -2.61. The normalized spacial score (nSPS) is 22.2. The molecular weight excluding hydrogens is 408 g/mol. The zero-order valence-electron chi connectivity index (χ0n) is 19.2. The first-order valence-electron chi connectivity index (χ1n) is 11.6. The summed E-state index contributed by atoms with van der Waals surface area (Å²) in [6.45, 7) is 6.55. The lowest BCUT2D eigenvalue weighted by Gasteiger charge is -2.37. The number of likely N-dealkylation sites (tertiary alicyclic amines) is 1. The maximum absolute atomic E-state index is 11.9. The predicted molar refractivity (Wildman–Crippen MR) is 123 cm³/mol. The number of piperidine rings is 2. The summed E-state index contributed by atoms with van der Waals surface area (Å²) < 4.78 is 0. The molecule has 2 saturated heterocycles. The van der Waals surface area contributed by atoms with E-state index in [0.29, 0.717) is 6.54 Å². The van der Waals surface area contributed by atoms with Crippen LogP contribution in [0.3, 0.4) is 0 Å². The molecule has 0 saturated carbocycles. The van der Waals surface area contributed by atoms with E-state index in [1.54, 1.807) is 18.9 Å². The van der Waals surface area contributed by atoms with Crippen LogP contribution in [0.25, 0.3) is 0 Å². The van der Waals surface area contributed by atoms with Crippen LogP contribution in [0.1, 0.15) is 44.6 Å². The SMILES string of the molecule is CC(=O)N1CCC(C2CCNCC2)CC1.CN1Cc2ccccc2NC(CC(=O)O)C1=O. The minimum Gasteiger partial charge on any atom is -0.481 e. The number of rotatable bonds is 3. The van der Waals surface area contributed by atoms with Crippen molar-refractivity contribution in [3.05, 3.63) is 29.8 Å². The van der Waals surface area contributed by atoms with Gasteiger partial charge < -0.3 is 25.5 Å².